The van der Waals surface area contributed by atoms with Gasteiger partial charge in [-0.3, -0.25) is 4.79 Å². The molecule has 3 aromatic rings. The summed E-state index contributed by atoms with van der Waals surface area (Å²) in [4.78, 5) is 17.1. The number of hydrogen-bond acceptors (Lipinski definition) is 6. The van der Waals surface area contributed by atoms with Crippen LogP contribution in [0.4, 0.5) is 0 Å². The minimum Gasteiger partial charge on any atom is -0.396 e. The SMILES string of the molecule is CCCC(NC(=O)c1cnn(-c2ccc(Cl)cc2)c1C)c1ccc(S(=O)(=O)CCCO)nc1. The van der Waals surface area contributed by atoms with Gasteiger partial charge in [0.2, 0.25) is 0 Å². The number of carbonyl (C=O) groups excluding carboxylic acids is 1. The number of halogens is 1. The van der Waals surface area contributed by atoms with Crippen LogP contribution in [0.25, 0.3) is 5.69 Å². The van der Waals surface area contributed by atoms with E-state index in [0.717, 1.165) is 12.1 Å². The van der Waals surface area contributed by atoms with Gasteiger partial charge in [0.05, 0.1) is 34.9 Å². The highest BCUT2D eigenvalue weighted by Crippen LogP contribution is 2.22. The molecule has 0 fully saturated rings. The third kappa shape index (κ3) is 5.98. The first-order valence-corrected chi connectivity index (χ1v) is 12.7. The lowest BCUT2D eigenvalue weighted by molar-refractivity contribution is 0.0933. The Morgan fingerprint density at radius 3 is 2.52 bits per heavy atom. The highest BCUT2D eigenvalue weighted by Gasteiger charge is 2.21. The van der Waals surface area contributed by atoms with E-state index in [-0.39, 0.29) is 35.8 Å². The Balaban J connectivity index is 1.79. The number of amides is 1. The van der Waals surface area contributed by atoms with Crippen molar-refractivity contribution < 1.29 is 18.3 Å². The molecule has 2 aromatic heterocycles. The average Bonchev–Trinajstić information content (AvgIpc) is 3.19. The maximum atomic E-state index is 13.0. The number of hydrogen-bond donors (Lipinski definition) is 2. The van der Waals surface area contributed by atoms with Crippen LogP contribution in [0.2, 0.25) is 5.02 Å². The Labute approximate surface area is 198 Å². The summed E-state index contributed by atoms with van der Waals surface area (Å²) < 4.78 is 26.2. The van der Waals surface area contributed by atoms with Crippen LogP contribution in [-0.2, 0) is 9.84 Å². The van der Waals surface area contributed by atoms with E-state index >= 15 is 0 Å². The van der Waals surface area contributed by atoms with Crippen molar-refractivity contribution in [1.29, 1.82) is 0 Å². The van der Waals surface area contributed by atoms with Crippen molar-refractivity contribution in [2.45, 2.75) is 44.2 Å². The minimum absolute atomic E-state index is 0.0404. The molecule has 1 amide bonds. The minimum atomic E-state index is -3.55. The fourth-order valence-electron chi connectivity index (χ4n) is 3.46. The van der Waals surface area contributed by atoms with Gasteiger partial charge in [-0.05, 0) is 55.7 Å². The van der Waals surface area contributed by atoms with Crippen LogP contribution in [0.5, 0.6) is 0 Å². The highest BCUT2D eigenvalue weighted by atomic mass is 35.5. The zero-order valence-corrected chi connectivity index (χ0v) is 20.1. The predicted octanol–water partition coefficient (Wildman–Crippen LogP) is 3.66. The Hall–Kier alpha value is -2.75. The van der Waals surface area contributed by atoms with Gasteiger partial charge in [-0.1, -0.05) is 31.0 Å². The molecule has 1 atom stereocenters. The molecule has 0 aliphatic rings. The molecule has 3 rings (SSSR count). The molecule has 1 aromatic carbocycles. The molecule has 0 saturated heterocycles. The third-order valence-electron chi connectivity index (χ3n) is 5.26. The fraction of sp³-hybridized carbons (Fsp3) is 0.348. The molecular weight excluding hydrogens is 464 g/mol. The molecule has 1 unspecified atom stereocenters. The number of benzene rings is 1. The van der Waals surface area contributed by atoms with Gasteiger partial charge in [0.15, 0.2) is 14.9 Å². The summed E-state index contributed by atoms with van der Waals surface area (Å²) in [5.74, 6) is -0.437. The lowest BCUT2D eigenvalue weighted by atomic mass is 10.0. The summed E-state index contributed by atoms with van der Waals surface area (Å²) in [7, 11) is -3.55. The third-order valence-corrected chi connectivity index (χ3v) is 7.22. The van der Waals surface area contributed by atoms with E-state index in [0.29, 0.717) is 28.3 Å². The average molecular weight is 491 g/mol. The molecule has 0 saturated carbocycles. The standard InChI is InChI=1S/C23H27ClN4O4S/c1-3-5-21(17-6-11-22(25-14-17)33(31,32)13-4-12-29)27-23(30)20-15-26-28(16(20)2)19-9-7-18(24)8-10-19/h6-11,14-15,21,29H,3-5,12-13H2,1-2H3,(H,27,30). The van der Waals surface area contributed by atoms with Gasteiger partial charge in [-0.2, -0.15) is 5.10 Å². The number of rotatable bonds is 10. The van der Waals surface area contributed by atoms with Crippen molar-refractivity contribution in [1.82, 2.24) is 20.1 Å². The van der Waals surface area contributed by atoms with E-state index < -0.39 is 9.84 Å². The molecule has 0 aliphatic heterocycles. The van der Waals surface area contributed by atoms with Crippen molar-refractivity contribution >= 4 is 27.3 Å². The molecule has 0 spiro atoms. The molecule has 8 nitrogen and oxygen atoms in total. The van der Waals surface area contributed by atoms with Crippen LogP contribution in [0, 0.1) is 6.92 Å². The second kappa shape index (κ2) is 10.9. The normalized spacial score (nSPS) is 12.5. The molecule has 2 N–H and O–H groups in total. The molecule has 33 heavy (non-hydrogen) atoms. The van der Waals surface area contributed by atoms with Crippen LogP contribution >= 0.6 is 11.6 Å². The molecule has 0 aliphatic carbocycles. The van der Waals surface area contributed by atoms with Crippen LogP contribution in [-0.4, -0.2) is 46.6 Å². The topological polar surface area (TPSA) is 114 Å². The highest BCUT2D eigenvalue weighted by molar-refractivity contribution is 7.91. The number of aliphatic hydroxyl groups excluding tert-OH is 1. The summed E-state index contributed by atoms with van der Waals surface area (Å²) in [5, 5.41) is 16.8. The van der Waals surface area contributed by atoms with Gasteiger partial charge in [-0.15, -0.1) is 0 Å². The maximum absolute atomic E-state index is 13.0. The first kappa shape index (κ1) is 24.9. The van der Waals surface area contributed by atoms with Gasteiger partial charge in [-0.25, -0.2) is 18.1 Å². The Kier molecular flexibility index (Phi) is 8.23. The number of aliphatic hydroxyl groups is 1. The van der Waals surface area contributed by atoms with Crippen molar-refractivity contribution in [3.63, 3.8) is 0 Å². The maximum Gasteiger partial charge on any atom is 0.255 e. The van der Waals surface area contributed by atoms with Crippen LogP contribution in [0.1, 0.15) is 53.8 Å². The lowest BCUT2D eigenvalue weighted by Gasteiger charge is -2.18. The van der Waals surface area contributed by atoms with E-state index in [9.17, 15) is 13.2 Å². The second-order valence-electron chi connectivity index (χ2n) is 7.67. The van der Waals surface area contributed by atoms with Gasteiger partial charge in [0, 0.05) is 17.8 Å². The fourth-order valence-corrected chi connectivity index (χ4v) is 4.80. The van der Waals surface area contributed by atoms with Gasteiger partial charge >= 0.3 is 0 Å². The number of nitrogens with one attached hydrogen (secondary N) is 1. The van der Waals surface area contributed by atoms with Crippen LogP contribution in [0.3, 0.4) is 0 Å². The van der Waals surface area contributed by atoms with E-state index in [2.05, 4.69) is 15.4 Å². The zero-order chi connectivity index (χ0) is 24.0. The lowest BCUT2D eigenvalue weighted by Crippen LogP contribution is -2.29. The molecule has 0 bridgehead atoms. The smallest absolute Gasteiger partial charge is 0.255 e. The number of carbonyl (C=O) groups is 1. The van der Waals surface area contributed by atoms with Crippen LogP contribution < -0.4 is 5.32 Å². The number of sulfone groups is 1. The Morgan fingerprint density at radius 1 is 1.18 bits per heavy atom. The molecule has 0 radical (unpaired) electrons. The van der Waals surface area contributed by atoms with E-state index in [1.165, 1.54) is 18.5 Å². The van der Waals surface area contributed by atoms with Gasteiger partial charge in [0.1, 0.15) is 0 Å². The summed E-state index contributed by atoms with van der Waals surface area (Å²) in [6.07, 6.45) is 4.63. The molecule has 2 heterocycles. The molecular formula is C23H27ClN4O4S. The van der Waals surface area contributed by atoms with E-state index in [1.54, 1.807) is 22.9 Å². The first-order chi connectivity index (χ1) is 15.8. The Bertz CT molecular complexity index is 1190. The van der Waals surface area contributed by atoms with Crippen molar-refractivity contribution in [2.75, 3.05) is 12.4 Å². The van der Waals surface area contributed by atoms with Crippen molar-refractivity contribution in [2.24, 2.45) is 0 Å². The Morgan fingerprint density at radius 2 is 1.91 bits per heavy atom. The summed E-state index contributed by atoms with van der Waals surface area (Å²) in [6.45, 7) is 3.62. The number of aromatic nitrogens is 3. The summed E-state index contributed by atoms with van der Waals surface area (Å²) >= 11 is 5.95. The number of pyridine rings is 1. The van der Waals surface area contributed by atoms with E-state index in [1.807, 2.05) is 26.0 Å². The molecule has 176 valence electrons. The van der Waals surface area contributed by atoms with Crippen LogP contribution in [0.15, 0.2) is 53.8 Å². The first-order valence-electron chi connectivity index (χ1n) is 10.7. The molecule has 10 heteroatoms. The summed E-state index contributed by atoms with van der Waals surface area (Å²) in [6, 6.07) is 9.95. The van der Waals surface area contributed by atoms with Crippen molar-refractivity contribution in [3.8, 4) is 5.69 Å². The monoisotopic (exact) mass is 490 g/mol. The van der Waals surface area contributed by atoms with Gasteiger partial charge in [0.25, 0.3) is 5.91 Å². The predicted molar refractivity (Wildman–Crippen MR) is 126 cm³/mol. The quantitative estimate of drug-likeness (QED) is 0.448. The van der Waals surface area contributed by atoms with Crippen molar-refractivity contribution in [3.05, 3.63) is 70.6 Å². The summed E-state index contributed by atoms with van der Waals surface area (Å²) in [5.41, 5.74) is 2.65. The van der Waals surface area contributed by atoms with Gasteiger partial charge < -0.3 is 10.4 Å². The number of nitrogens with zero attached hydrogens (tertiary/aromatic N) is 3. The zero-order valence-electron chi connectivity index (χ0n) is 18.5. The second-order valence-corrected chi connectivity index (χ2v) is 10.2. The largest absolute Gasteiger partial charge is 0.396 e. The van der Waals surface area contributed by atoms with E-state index in [4.69, 9.17) is 16.7 Å².